The molecule has 0 unspecified atom stereocenters. The zero-order chi connectivity index (χ0) is 13.7. The maximum Gasteiger partial charge on any atom is 0.159 e. The van der Waals surface area contributed by atoms with Crippen molar-refractivity contribution < 1.29 is 8.78 Å². The van der Waals surface area contributed by atoms with E-state index in [1.807, 2.05) is 10.8 Å². The van der Waals surface area contributed by atoms with Gasteiger partial charge in [0.2, 0.25) is 0 Å². The molecule has 1 heterocycles. The van der Waals surface area contributed by atoms with E-state index in [2.05, 4.69) is 4.98 Å². The average Bonchev–Trinajstić information content (AvgIpc) is 2.82. The van der Waals surface area contributed by atoms with Crippen LogP contribution in [0, 0.1) is 11.6 Å². The maximum absolute atomic E-state index is 13.1. The third-order valence-corrected chi connectivity index (χ3v) is 3.00. The first-order valence-electron chi connectivity index (χ1n) is 6.34. The van der Waals surface area contributed by atoms with Gasteiger partial charge in [-0.2, -0.15) is 0 Å². The Bertz CT molecular complexity index is 537. The van der Waals surface area contributed by atoms with Crippen molar-refractivity contribution in [1.29, 1.82) is 0 Å². The Balaban J connectivity index is 2.06. The molecule has 0 bridgehead atoms. The topological polar surface area (TPSA) is 43.8 Å². The van der Waals surface area contributed by atoms with E-state index in [1.54, 1.807) is 12.3 Å². The molecule has 19 heavy (non-hydrogen) atoms. The zero-order valence-corrected chi connectivity index (χ0v) is 10.6. The molecule has 0 atom stereocenters. The van der Waals surface area contributed by atoms with Crippen LogP contribution in [0.25, 0.3) is 0 Å². The molecular weight excluding hydrogens is 248 g/mol. The summed E-state index contributed by atoms with van der Waals surface area (Å²) in [4.78, 5) is 4.26. The van der Waals surface area contributed by atoms with Crippen LogP contribution in [-0.4, -0.2) is 16.1 Å². The molecule has 0 aliphatic heterocycles. The van der Waals surface area contributed by atoms with Crippen LogP contribution in [-0.2, 0) is 13.0 Å². The Morgan fingerprint density at radius 3 is 2.74 bits per heavy atom. The highest BCUT2D eigenvalue weighted by Gasteiger charge is 2.07. The minimum atomic E-state index is -0.824. The molecule has 0 spiro atoms. The van der Waals surface area contributed by atoms with Gasteiger partial charge in [0, 0.05) is 25.4 Å². The predicted octanol–water partition coefficient (Wildman–Crippen LogP) is 2.49. The number of hydrogen-bond acceptors (Lipinski definition) is 2. The highest BCUT2D eigenvalue weighted by Crippen LogP contribution is 2.13. The highest BCUT2D eigenvalue weighted by molar-refractivity contribution is 5.21. The molecule has 2 rings (SSSR count). The van der Waals surface area contributed by atoms with E-state index in [1.165, 1.54) is 6.07 Å². The van der Waals surface area contributed by atoms with Crippen LogP contribution in [0.5, 0.6) is 0 Å². The summed E-state index contributed by atoms with van der Waals surface area (Å²) < 4.78 is 28.0. The van der Waals surface area contributed by atoms with Crippen LogP contribution in [0.3, 0.4) is 0 Å². The monoisotopic (exact) mass is 265 g/mol. The molecule has 0 aliphatic rings. The normalized spacial score (nSPS) is 10.9. The Morgan fingerprint density at radius 1 is 1.16 bits per heavy atom. The summed E-state index contributed by atoms with van der Waals surface area (Å²) >= 11 is 0. The van der Waals surface area contributed by atoms with E-state index in [4.69, 9.17) is 5.73 Å². The fraction of sp³-hybridized carbons (Fsp3) is 0.357. The second-order valence-corrected chi connectivity index (χ2v) is 4.46. The van der Waals surface area contributed by atoms with Crippen LogP contribution in [0.2, 0.25) is 0 Å². The number of nitrogens with zero attached hydrogens (tertiary/aromatic N) is 2. The summed E-state index contributed by atoms with van der Waals surface area (Å²) in [5.74, 6) is -0.795. The third kappa shape index (κ3) is 3.61. The van der Waals surface area contributed by atoms with Gasteiger partial charge in [-0.25, -0.2) is 13.8 Å². The van der Waals surface area contributed by atoms with Gasteiger partial charge in [0.05, 0.1) is 0 Å². The van der Waals surface area contributed by atoms with Crippen molar-refractivity contribution in [2.24, 2.45) is 5.73 Å². The minimum Gasteiger partial charge on any atom is -0.335 e. The predicted molar refractivity (Wildman–Crippen MR) is 69.7 cm³/mol. The standard InChI is InChI=1S/C14H17F2N3/c15-12-4-3-11(9-13(12)16)10-14-18-6-8-19(14)7-2-1-5-17/h3-4,6,8-9H,1-2,5,7,10,17H2. The van der Waals surface area contributed by atoms with E-state index < -0.39 is 11.6 Å². The maximum atomic E-state index is 13.1. The van der Waals surface area contributed by atoms with Gasteiger partial charge in [0.1, 0.15) is 5.82 Å². The summed E-state index contributed by atoms with van der Waals surface area (Å²) in [7, 11) is 0. The number of nitrogens with two attached hydrogens (primary N) is 1. The molecule has 1 aromatic carbocycles. The quantitative estimate of drug-likeness (QED) is 0.815. The van der Waals surface area contributed by atoms with Crippen LogP contribution in [0.1, 0.15) is 24.2 Å². The third-order valence-electron chi connectivity index (χ3n) is 3.00. The Labute approximate surface area is 111 Å². The summed E-state index contributed by atoms with van der Waals surface area (Å²) in [5.41, 5.74) is 6.17. The van der Waals surface area contributed by atoms with Crippen molar-refractivity contribution in [2.75, 3.05) is 6.54 Å². The van der Waals surface area contributed by atoms with Crippen molar-refractivity contribution in [3.8, 4) is 0 Å². The molecule has 0 saturated carbocycles. The van der Waals surface area contributed by atoms with Gasteiger partial charge in [-0.1, -0.05) is 6.07 Å². The molecule has 0 fully saturated rings. The minimum absolute atomic E-state index is 0.493. The number of unbranched alkanes of at least 4 members (excludes halogenated alkanes) is 1. The lowest BCUT2D eigenvalue weighted by molar-refractivity contribution is 0.507. The smallest absolute Gasteiger partial charge is 0.159 e. The van der Waals surface area contributed by atoms with E-state index >= 15 is 0 Å². The molecule has 0 amide bonds. The van der Waals surface area contributed by atoms with Crippen LogP contribution < -0.4 is 5.73 Å². The molecule has 5 heteroatoms. The number of rotatable bonds is 6. The molecule has 1 aromatic heterocycles. The first-order valence-corrected chi connectivity index (χ1v) is 6.34. The molecule has 2 aromatic rings. The number of imidazole rings is 1. The Kier molecular flexibility index (Phi) is 4.63. The van der Waals surface area contributed by atoms with Crippen molar-refractivity contribution in [2.45, 2.75) is 25.8 Å². The first-order chi connectivity index (χ1) is 9.20. The zero-order valence-electron chi connectivity index (χ0n) is 10.6. The average molecular weight is 265 g/mol. The van der Waals surface area contributed by atoms with Gasteiger partial charge < -0.3 is 10.3 Å². The molecule has 102 valence electrons. The Hall–Kier alpha value is -1.75. The summed E-state index contributed by atoms with van der Waals surface area (Å²) in [6, 6.07) is 3.94. The van der Waals surface area contributed by atoms with Crippen molar-refractivity contribution >= 4 is 0 Å². The van der Waals surface area contributed by atoms with Gasteiger partial charge in [-0.3, -0.25) is 0 Å². The van der Waals surface area contributed by atoms with Crippen molar-refractivity contribution in [1.82, 2.24) is 9.55 Å². The van der Waals surface area contributed by atoms with Gasteiger partial charge in [0.15, 0.2) is 11.6 Å². The molecule has 2 N–H and O–H groups in total. The number of aryl methyl sites for hydroxylation is 1. The van der Waals surface area contributed by atoms with Gasteiger partial charge >= 0.3 is 0 Å². The molecule has 0 aliphatic carbocycles. The molecule has 3 nitrogen and oxygen atoms in total. The van der Waals surface area contributed by atoms with Gasteiger partial charge in [-0.15, -0.1) is 0 Å². The van der Waals surface area contributed by atoms with E-state index in [0.29, 0.717) is 18.5 Å². The molecular formula is C14H17F2N3. The van der Waals surface area contributed by atoms with Crippen LogP contribution >= 0.6 is 0 Å². The molecule has 0 radical (unpaired) electrons. The number of halogens is 2. The fourth-order valence-electron chi connectivity index (χ4n) is 1.97. The lowest BCUT2D eigenvalue weighted by Crippen LogP contribution is -2.06. The number of hydrogen-bond donors (Lipinski definition) is 1. The SMILES string of the molecule is NCCCCn1ccnc1Cc1ccc(F)c(F)c1. The second kappa shape index (κ2) is 6.43. The summed E-state index contributed by atoms with van der Waals surface area (Å²) in [6.07, 6.45) is 6.05. The fourth-order valence-corrected chi connectivity index (χ4v) is 1.97. The lowest BCUT2D eigenvalue weighted by Gasteiger charge is -2.07. The van der Waals surface area contributed by atoms with Crippen molar-refractivity contribution in [3.63, 3.8) is 0 Å². The van der Waals surface area contributed by atoms with Crippen molar-refractivity contribution in [3.05, 3.63) is 53.6 Å². The number of benzene rings is 1. The Morgan fingerprint density at radius 2 is 2.00 bits per heavy atom. The highest BCUT2D eigenvalue weighted by atomic mass is 19.2. The largest absolute Gasteiger partial charge is 0.335 e. The first kappa shape index (κ1) is 13.7. The molecule has 0 saturated heterocycles. The lowest BCUT2D eigenvalue weighted by atomic mass is 10.1. The van der Waals surface area contributed by atoms with Gasteiger partial charge in [-0.05, 0) is 37.1 Å². The van der Waals surface area contributed by atoms with E-state index in [-0.39, 0.29) is 0 Å². The van der Waals surface area contributed by atoms with Crippen LogP contribution in [0.15, 0.2) is 30.6 Å². The number of aromatic nitrogens is 2. The van der Waals surface area contributed by atoms with Crippen LogP contribution in [0.4, 0.5) is 8.78 Å². The summed E-state index contributed by atoms with van der Waals surface area (Å²) in [5, 5.41) is 0. The second-order valence-electron chi connectivity index (χ2n) is 4.46. The van der Waals surface area contributed by atoms with E-state index in [9.17, 15) is 8.78 Å². The van der Waals surface area contributed by atoms with Gasteiger partial charge in [0.25, 0.3) is 0 Å². The summed E-state index contributed by atoms with van der Waals surface area (Å²) in [6.45, 7) is 1.52. The van der Waals surface area contributed by atoms with E-state index in [0.717, 1.165) is 31.3 Å².